The average Bonchev–Trinajstić information content (AvgIpc) is 2.71. The molecule has 3 rings (SSSR count). The van der Waals surface area contributed by atoms with Crippen LogP contribution in [-0.2, 0) is 11.3 Å². The smallest absolute Gasteiger partial charge is 0.262 e. The maximum atomic E-state index is 12.6. The molecular weight excluding hydrogens is 396 g/mol. The molecule has 0 saturated carbocycles. The van der Waals surface area contributed by atoms with Crippen LogP contribution in [0.5, 0.6) is 0 Å². The Hall–Kier alpha value is -1.86. The van der Waals surface area contributed by atoms with Gasteiger partial charge < -0.3 is 9.84 Å². The van der Waals surface area contributed by atoms with Crippen LogP contribution in [0.1, 0.15) is 25.5 Å². The SMILES string of the molecule is CCn1c(SC[C@@H](O)CO[C@@H](C)c2ccc(Cl)cc2)nc2ccccc2c1=O. The summed E-state index contributed by atoms with van der Waals surface area (Å²) >= 11 is 7.26. The summed E-state index contributed by atoms with van der Waals surface area (Å²) in [6.45, 7) is 4.57. The molecular formula is C21H23ClN2O3S. The molecule has 3 aromatic rings. The molecule has 28 heavy (non-hydrogen) atoms. The predicted octanol–water partition coefficient (Wildman–Crippen LogP) is 4.30. The van der Waals surface area contributed by atoms with Gasteiger partial charge in [-0.15, -0.1) is 0 Å². The molecule has 0 saturated heterocycles. The zero-order chi connectivity index (χ0) is 20.1. The van der Waals surface area contributed by atoms with E-state index < -0.39 is 6.10 Å². The summed E-state index contributed by atoms with van der Waals surface area (Å²) in [4.78, 5) is 17.2. The first-order chi connectivity index (χ1) is 13.5. The normalized spacial score (nSPS) is 13.6. The van der Waals surface area contributed by atoms with Gasteiger partial charge in [0.15, 0.2) is 5.16 Å². The second-order valence-corrected chi connectivity index (χ2v) is 7.88. The van der Waals surface area contributed by atoms with Crippen molar-refractivity contribution in [2.24, 2.45) is 0 Å². The van der Waals surface area contributed by atoms with Gasteiger partial charge in [-0.2, -0.15) is 0 Å². The van der Waals surface area contributed by atoms with Crippen molar-refractivity contribution >= 4 is 34.3 Å². The van der Waals surface area contributed by atoms with Crippen LogP contribution in [0.25, 0.3) is 10.9 Å². The Labute approximate surface area is 173 Å². The molecule has 1 heterocycles. The van der Waals surface area contributed by atoms with Crippen molar-refractivity contribution in [2.75, 3.05) is 12.4 Å². The summed E-state index contributed by atoms with van der Waals surface area (Å²) in [6, 6.07) is 14.8. The van der Waals surface area contributed by atoms with E-state index in [-0.39, 0.29) is 18.3 Å². The number of hydrogen-bond acceptors (Lipinski definition) is 5. The second-order valence-electron chi connectivity index (χ2n) is 6.45. The lowest BCUT2D eigenvalue weighted by Crippen LogP contribution is -2.24. The van der Waals surface area contributed by atoms with E-state index in [1.165, 1.54) is 11.8 Å². The van der Waals surface area contributed by atoms with Crippen LogP contribution < -0.4 is 5.56 Å². The molecule has 0 radical (unpaired) electrons. The number of nitrogens with zero attached hydrogens (tertiary/aromatic N) is 2. The second kappa shape index (κ2) is 9.56. The van der Waals surface area contributed by atoms with Gasteiger partial charge in [-0.1, -0.05) is 47.6 Å². The van der Waals surface area contributed by atoms with E-state index in [0.717, 1.165) is 5.56 Å². The standard InChI is InChI=1S/C21H23ClN2O3S/c1-3-24-20(26)18-6-4-5-7-19(18)23-21(24)28-13-17(25)12-27-14(2)15-8-10-16(22)11-9-15/h4-11,14,17,25H,3,12-13H2,1-2H3/t14-,17-/m0/s1. The molecule has 7 heteroatoms. The fourth-order valence-electron chi connectivity index (χ4n) is 2.84. The Bertz CT molecular complexity index is 991. The van der Waals surface area contributed by atoms with Crippen molar-refractivity contribution in [1.82, 2.24) is 9.55 Å². The van der Waals surface area contributed by atoms with E-state index in [1.807, 2.05) is 56.3 Å². The molecule has 0 bridgehead atoms. The maximum absolute atomic E-state index is 12.6. The number of hydrogen-bond donors (Lipinski definition) is 1. The zero-order valence-corrected chi connectivity index (χ0v) is 17.4. The first-order valence-corrected chi connectivity index (χ1v) is 10.5. The van der Waals surface area contributed by atoms with Crippen LogP contribution in [0.3, 0.4) is 0 Å². The van der Waals surface area contributed by atoms with Gasteiger partial charge in [0.2, 0.25) is 0 Å². The largest absolute Gasteiger partial charge is 0.390 e. The highest BCUT2D eigenvalue weighted by molar-refractivity contribution is 7.99. The van der Waals surface area contributed by atoms with Crippen molar-refractivity contribution in [1.29, 1.82) is 0 Å². The van der Waals surface area contributed by atoms with Crippen LogP contribution >= 0.6 is 23.4 Å². The van der Waals surface area contributed by atoms with Gasteiger partial charge in [-0.3, -0.25) is 9.36 Å². The van der Waals surface area contributed by atoms with Crippen LogP contribution in [-0.4, -0.2) is 33.1 Å². The predicted molar refractivity (Wildman–Crippen MR) is 114 cm³/mol. The monoisotopic (exact) mass is 418 g/mol. The van der Waals surface area contributed by atoms with Gasteiger partial charge in [0.05, 0.1) is 29.7 Å². The van der Waals surface area contributed by atoms with Crippen LogP contribution in [0.4, 0.5) is 0 Å². The Balaban J connectivity index is 1.62. The average molecular weight is 419 g/mol. The van der Waals surface area contributed by atoms with E-state index in [4.69, 9.17) is 16.3 Å². The highest BCUT2D eigenvalue weighted by atomic mass is 35.5. The number of aliphatic hydroxyl groups is 1. The summed E-state index contributed by atoms with van der Waals surface area (Å²) in [5.41, 5.74) is 1.61. The number of thioether (sulfide) groups is 1. The Morgan fingerprint density at radius 2 is 1.93 bits per heavy atom. The molecule has 0 amide bonds. The summed E-state index contributed by atoms with van der Waals surface area (Å²) < 4.78 is 7.41. The van der Waals surface area contributed by atoms with Crippen molar-refractivity contribution in [3.8, 4) is 0 Å². The number of aromatic nitrogens is 2. The molecule has 148 valence electrons. The number of aliphatic hydroxyl groups excluding tert-OH is 1. The third-order valence-electron chi connectivity index (χ3n) is 4.43. The number of benzene rings is 2. The Morgan fingerprint density at radius 1 is 1.21 bits per heavy atom. The van der Waals surface area contributed by atoms with Gasteiger partial charge in [-0.05, 0) is 43.7 Å². The Kier molecular flexibility index (Phi) is 7.13. The number of fused-ring (bicyclic) bond motifs is 1. The van der Waals surface area contributed by atoms with Crippen LogP contribution in [0.2, 0.25) is 5.02 Å². The first-order valence-electron chi connectivity index (χ1n) is 9.17. The van der Waals surface area contributed by atoms with Crippen molar-refractivity contribution in [3.05, 3.63) is 69.5 Å². The lowest BCUT2D eigenvalue weighted by molar-refractivity contribution is 0.00620. The van der Waals surface area contributed by atoms with Crippen LogP contribution in [0.15, 0.2) is 58.5 Å². The van der Waals surface area contributed by atoms with E-state index in [9.17, 15) is 9.90 Å². The van der Waals surface area contributed by atoms with E-state index >= 15 is 0 Å². The first kappa shape index (κ1) is 20.9. The lowest BCUT2D eigenvalue weighted by atomic mass is 10.1. The van der Waals surface area contributed by atoms with E-state index in [0.29, 0.717) is 33.4 Å². The minimum absolute atomic E-state index is 0.0577. The molecule has 0 aliphatic carbocycles. The van der Waals surface area contributed by atoms with E-state index in [2.05, 4.69) is 4.98 Å². The third-order valence-corrected chi connectivity index (χ3v) is 5.80. The Morgan fingerprint density at radius 3 is 2.64 bits per heavy atom. The van der Waals surface area contributed by atoms with Gasteiger partial charge in [0.1, 0.15) is 0 Å². The zero-order valence-electron chi connectivity index (χ0n) is 15.8. The number of halogens is 1. The quantitative estimate of drug-likeness (QED) is 0.436. The summed E-state index contributed by atoms with van der Waals surface area (Å²) in [6.07, 6.45) is -0.821. The molecule has 1 aromatic heterocycles. The molecule has 0 fully saturated rings. The summed E-state index contributed by atoms with van der Waals surface area (Å²) in [5.74, 6) is 0.387. The molecule has 1 N–H and O–H groups in total. The fourth-order valence-corrected chi connectivity index (χ4v) is 3.94. The molecule has 0 spiro atoms. The van der Waals surface area contributed by atoms with Gasteiger partial charge in [0.25, 0.3) is 5.56 Å². The molecule has 0 unspecified atom stereocenters. The highest BCUT2D eigenvalue weighted by Gasteiger charge is 2.14. The van der Waals surface area contributed by atoms with Crippen LogP contribution in [0, 0.1) is 0 Å². The van der Waals surface area contributed by atoms with Crippen molar-refractivity contribution in [3.63, 3.8) is 0 Å². The molecule has 2 atom stereocenters. The number of ether oxygens (including phenoxy) is 1. The molecule has 2 aromatic carbocycles. The minimum atomic E-state index is -0.673. The van der Waals surface area contributed by atoms with Gasteiger partial charge in [-0.25, -0.2) is 4.98 Å². The van der Waals surface area contributed by atoms with Crippen molar-refractivity contribution in [2.45, 2.75) is 37.8 Å². The lowest BCUT2D eigenvalue weighted by Gasteiger charge is -2.17. The topological polar surface area (TPSA) is 64.3 Å². The fraction of sp³-hybridized carbons (Fsp3) is 0.333. The maximum Gasteiger partial charge on any atom is 0.262 e. The van der Waals surface area contributed by atoms with Crippen molar-refractivity contribution < 1.29 is 9.84 Å². The minimum Gasteiger partial charge on any atom is -0.390 e. The summed E-state index contributed by atoms with van der Waals surface area (Å²) in [5, 5.41) is 12.2. The number of para-hydroxylation sites is 1. The van der Waals surface area contributed by atoms with Gasteiger partial charge >= 0.3 is 0 Å². The summed E-state index contributed by atoms with van der Waals surface area (Å²) in [7, 11) is 0. The molecule has 0 aliphatic heterocycles. The van der Waals surface area contributed by atoms with E-state index in [1.54, 1.807) is 10.6 Å². The molecule has 5 nitrogen and oxygen atoms in total. The third kappa shape index (κ3) is 4.94. The number of rotatable bonds is 8. The molecule has 0 aliphatic rings. The van der Waals surface area contributed by atoms with Gasteiger partial charge in [0, 0.05) is 17.3 Å². The highest BCUT2D eigenvalue weighted by Crippen LogP contribution is 2.21.